The van der Waals surface area contributed by atoms with Crippen molar-refractivity contribution in [2.24, 2.45) is 0 Å². The van der Waals surface area contributed by atoms with Gasteiger partial charge in [0.2, 0.25) is 0 Å². The van der Waals surface area contributed by atoms with Crippen molar-refractivity contribution >= 4 is 12.0 Å². The molecule has 2 rings (SSSR count). The maximum Gasteiger partial charge on any atom is 0.131 e. The summed E-state index contributed by atoms with van der Waals surface area (Å²) in [4.78, 5) is 11.2. The van der Waals surface area contributed by atoms with Gasteiger partial charge < -0.3 is 15.6 Å². The van der Waals surface area contributed by atoms with E-state index < -0.39 is 5.92 Å². The molecule has 17 heavy (non-hydrogen) atoms. The Hall–Kier alpha value is -2.29. The summed E-state index contributed by atoms with van der Waals surface area (Å²) >= 11 is 0. The van der Waals surface area contributed by atoms with Crippen LogP contribution in [-0.4, -0.2) is 11.4 Å². The molecule has 0 amide bonds. The summed E-state index contributed by atoms with van der Waals surface area (Å²) in [6.07, 6.45) is 0.809. The van der Waals surface area contributed by atoms with Gasteiger partial charge in [-0.3, -0.25) is 0 Å². The molecule has 1 unspecified atom stereocenters. The first-order valence-electron chi connectivity index (χ1n) is 5.31. The number of phenols is 1. The van der Waals surface area contributed by atoms with E-state index in [0.29, 0.717) is 11.3 Å². The molecule has 0 bridgehead atoms. The van der Waals surface area contributed by atoms with E-state index in [0.717, 1.165) is 11.8 Å². The molecule has 0 saturated carbocycles. The number of phenolic OH excluding ortho intramolecular Hbond substituents is 1. The van der Waals surface area contributed by atoms with Gasteiger partial charge in [0.1, 0.15) is 12.0 Å². The lowest BCUT2D eigenvalue weighted by atomic mass is 9.92. The largest absolute Gasteiger partial charge is 0.508 e. The molecular formula is C14H13NO2. The number of hydrogen-bond donors (Lipinski definition) is 2. The Morgan fingerprint density at radius 3 is 2.47 bits per heavy atom. The van der Waals surface area contributed by atoms with Gasteiger partial charge in [0.25, 0.3) is 0 Å². The molecule has 86 valence electrons. The van der Waals surface area contributed by atoms with Crippen molar-refractivity contribution in [3.63, 3.8) is 0 Å². The molecule has 3 heteroatoms. The second kappa shape index (κ2) is 4.70. The highest BCUT2D eigenvalue weighted by Gasteiger charge is 2.16. The predicted molar refractivity (Wildman–Crippen MR) is 66.9 cm³/mol. The van der Waals surface area contributed by atoms with Crippen molar-refractivity contribution in [3.05, 3.63) is 59.7 Å². The van der Waals surface area contributed by atoms with Crippen molar-refractivity contribution in [3.8, 4) is 5.75 Å². The number of nitrogen functional groups attached to an aromatic ring is 1. The van der Waals surface area contributed by atoms with E-state index in [-0.39, 0.29) is 5.75 Å². The molecule has 0 fully saturated rings. The molecule has 2 aromatic rings. The van der Waals surface area contributed by atoms with Crippen LogP contribution in [0.15, 0.2) is 48.5 Å². The molecule has 0 aliphatic rings. The SMILES string of the molecule is Nc1ccc(O)c(C(C=O)c2ccccc2)c1. The fraction of sp³-hybridized carbons (Fsp3) is 0.0714. The second-order valence-electron chi connectivity index (χ2n) is 3.84. The first-order valence-corrected chi connectivity index (χ1v) is 5.31. The molecule has 0 saturated heterocycles. The zero-order valence-corrected chi connectivity index (χ0v) is 9.21. The lowest BCUT2D eigenvalue weighted by molar-refractivity contribution is -0.108. The Morgan fingerprint density at radius 1 is 1.12 bits per heavy atom. The highest BCUT2D eigenvalue weighted by molar-refractivity contribution is 5.71. The first-order chi connectivity index (χ1) is 8.22. The summed E-state index contributed by atoms with van der Waals surface area (Å²) in [6, 6.07) is 14.0. The molecule has 0 aromatic heterocycles. The Kier molecular flexibility index (Phi) is 3.10. The number of rotatable bonds is 3. The van der Waals surface area contributed by atoms with Crippen molar-refractivity contribution in [2.45, 2.75) is 5.92 Å². The molecule has 3 nitrogen and oxygen atoms in total. The van der Waals surface area contributed by atoms with Crippen molar-refractivity contribution in [1.29, 1.82) is 0 Å². The molecule has 0 aliphatic heterocycles. The van der Waals surface area contributed by atoms with Crippen molar-refractivity contribution in [2.75, 3.05) is 5.73 Å². The van der Waals surface area contributed by atoms with Gasteiger partial charge >= 0.3 is 0 Å². The maximum atomic E-state index is 11.2. The third-order valence-corrected chi connectivity index (χ3v) is 2.68. The number of aromatic hydroxyl groups is 1. The normalized spacial score (nSPS) is 12.0. The van der Waals surface area contributed by atoms with E-state index in [1.165, 1.54) is 6.07 Å². The third kappa shape index (κ3) is 2.28. The Morgan fingerprint density at radius 2 is 1.82 bits per heavy atom. The summed E-state index contributed by atoms with van der Waals surface area (Å²) in [7, 11) is 0. The molecular weight excluding hydrogens is 214 g/mol. The van der Waals surface area contributed by atoms with Crippen LogP contribution in [0.3, 0.4) is 0 Å². The average Bonchev–Trinajstić information content (AvgIpc) is 2.36. The second-order valence-corrected chi connectivity index (χ2v) is 3.84. The summed E-state index contributed by atoms with van der Waals surface area (Å²) in [5, 5.41) is 9.78. The van der Waals surface area contributed by atoms with E-state index in [1.807, 2.05) is 30.3 Å². The molecule has 3 N–H and O–H groups in total. The first kappa shape index (κ1) is 11.2. The van der Waals surface area contributed by atoms with Gasteiger partial charge in [-0.25, -0.2) is 0 Å². The van der Waals surface area contributed by atoms with Crippen molar-refractivity contribution in [1.82, 2.24) is 0 Å². The fourth-order valence-electron chi connectivity index (χ4n) is 1.81. The Bertz CT molecular complexity index is 523. The summed E-state index contributed by atoms with van der Waals surface area (Å²) in [5.74, 6) is -0.403. The highest BCUT2D eigenvalue weighted by Crippen LogP contribution is 2.31. The number of carbonyl (C=O) groups excluding carboxylic acids is 1. The van der Waals surface area contributed by atoms with Crippen molar-refractivity contribution < 1.29 is 9.90 Å². The van der Waals surface area contributed by atoms with Gasteiger partial charge in [-0.1, -0.05) is 30.3 Å². The van der Waals surface area contributed by atoms with Crippen LogP contribution < -0.4 is 5.73 Å². The van der Waals surface area contributed by atoms with Crippen LogP contribution in [0.25, 0.3) is 0 Å². The van der Waals surface area contributed by atoms with Crippen LogP contribution in [0.1, 0.15) is 17.0 Å². The van der Waals surface area contributed by atoms with Crippen LogP contribution >= 0.6 is 0 Å². The zero-order chi connectivity index (χ0) is 12.3. The maximum absolute atomic E-state index is 11.2. The number of hydrogen-bond acceptors (Lipinski definition) is 3. The van der Waals surface area contributed by atoms with Crippen LogP contribution in [-0.2, 0) is 4.79 Å². The number of benzene rings is 2. The van der Waals surface area contributed by atoms with Gasteiger partial charge in [0.15, 0.2) is 0 Å². The Balaban J connectivity index is 2.49. The van der Waals surface area contributed by atoms with E-state index >= 15 is 0 Å². The number of nitrogens with two attached hydrogens (primary N) is 1. The summed E-state index contributed by atoms with van der Waals surface area (Å²) in [6.45, 7) is 0. The molecule has 0 aliphatic carbocycles. The lowest BCUT2D eigenvalue weighted by Gasteiger charge is -2.13. The molecule has 2 aromatic carbocycles. The van der Waals surface area contributed by atoms with Crippen LogP contribution in [0, 0.1) is 0 Å². The van der Waals surface area contributed by atoms with Gasteiger partial charge in [-0.2, -0.15) is 0 Å². The lowest BCUT2D eigenvalue weighted by Crippen LogP contribution is -2.03. The number of anilines is 1. The van der Waals surface area contributed by atoms with Crippen LogP contribution in [0.2, 0.25) is 0 Å². The van der Waals surface area contributed by atoms with Gasteiger partial charge in [-0.15, -0.1) is 0 Å². The minimum Gasteiger partial charge on any atom is -0.508 e. The van der Waals surface area contributed by atoms with E-state index in [2.05, 4.69) is 0 Å². The van der Waals surface area contributed by atoms with Crippen LogP contribution in [0.4, 0.5) is 5.69 Å². The minimum absolute atomic E-state index is 0.0835. The Labute approximate surface area is 99.5 Å². The molecule has 0 heterocycles. The quantitative estimate of drug-likeness (QED) is 0.480. The average molecular weight is 227 g/mol. The van der Waals surface area contributed by atoms with E-state index in [1.54, 1.807) is 12.1 Å². The predicted octanol–water partition coefficient (Wildman–Crippen LogP) is 2.31. The van der Waals surface area contributed by atoms with Gasteiger partial charge in [-0.05, 0) is 23.8 Å². The van der Waals surface area contributed by atoms with Crippen LogP contribution in [0.5, 0.6) is 5.75 Å². The summed E-state index contributed by atoms with van der Waals surface area (Å²) in [5.41, 5.74) is 7.57. The smallest absolute Gasteiger partial charge is 0.131 e. The highest BCUT2D eigenvalue weighted by atomic mass is 16.3. The fourth-order valence-corrected chi connectivity index (χ4v) is 1.81. The van der Waals surface area contributed by atoms with Gasteiger partial charge in [0, 0.05) is 11.3 Å². The molecule has 1 atom stereocenters. The molecule has 0 radical (unpaired) electrons. The zero-order valence-electron chi connectivity index (χ0n) is 9.21. The standard InChI is InChI=1S/C14H13NO2/c15-11-6-7-14(17)12(8-11)13(9-16)10-4-2-1-3-5-10/h1-9,13,17H,15H2. The monoisotopic (exact) mass is 227 g/mol. The van der Waals surface area contributed by atoms with E-state index in [4.69, 9.17) is 5.73 Å². The van der Waals surface area contributed by atoms with Gasteiger partial charge in [0.05, 0.1) is 5.92 Å². The molecule has 0 spiro atoms. The number of aldehydes is 1. The summed E-state index contributed by atoms with van der Waals surface area (Å²) < 4.78 is 0. The topological polar surface area (TPSA) is 63.3 Å². The van der Waals surface area contributed by atoms with E-state index in [9.17, 15) is 9.90 Å². The number of carbonyl (C=O) groups is 1. The minimum atomic E-state index is -0.486. The third-order valence-electron chi connectivity index (χ3n) is 2.68.